The molecule has 1 aromatic rings. The number of nitrogens with zero attached hydrogens (tertiary/aromatic N) is 1. The first kappa shape index (κ1) is 17.7. The van der Waals surface area contributed by atoms with Crippen LogP contribution in [0.3, 0.4) is 0 Å². The Kier molecular flexibility index (Phi) is 6.14. The second kappa shape index (κ2) is 8.30. The van der Waals surface area contributed by atoms with E-state index in [-0.39, 0.29) is 32.1 Å². The fourth-order valence-electron chi connectivity index (χ4n) is 2.13. The first-order valence-corrected chi connectivity index (χ1v) is 7.76. The number of alkyl halides is 1. The van der Waals surface area contributed by atoms with Crippen molar-refractivity contribution in [3.8, 4) is 0 Å². The third-order valence-corrected chi connectivity index (χ3v) is 3.36. The van der Waals surface area contributed by atoms with Crippen molar-refractivity contribution < 1.29 is 23.9 Å². The number of imide groups is 1. The predicted octanol–water partition coefficient (Wildman–Crippen LogP) is 0.364. The lowest BCUT2D eigenvalue weighted by molar-refractivity contribution is -0.121. The molecular weight excluding hydrogens is 338 g/mol. The molecule has 1 aliphatic rings. The van der Waals surface area contributed by atoms with E-state index in [9.17, 15) is 19.2 Å². The van der Waals surface area contributed by atoms with Gasteiger partial charge in [-0.1, -0.05) is 12.1 Å². The molecule has 1 aliphatic heterocycles. The first-order chi connectivity index (χ1) is 11.5. The lowest BCUT2D eigenvalue weighted by Gasteiger charge is -2.13. The zero-order valence-corrected chi connectivity index (χ0v) is 13.5. The molecule has 0 aliphatic carbocycles. The van der Waals surface area contributed by atoms with Crippen LogP contribution in [-0.2, 0) is 9.53 Å². The van der Waals surface area contributed by atoms with Crippen LogP contribution >= 0.6 is 11.6 Å². The topological polar surface area (TPSA) is 105 Å². The molecule has 1 heterocycles. The molecule has 2 N–H and O–H groups in total. The van der Waals surface area contributed by atoms with Gasteiger partial charge in [0.2, 0.25) is 5.91 Å². The smallest absolute Gasteiger partial charge is 0.407 e. The third kappa shape index (κ3) is 4.23. The molecule has 9 heteroatoms. The van der Waals surface area contributed by atoms with Gasteiger partial charge in [-0.2, -0.15) is 0 Å². The molecule has 0 aromatic heterocycles. The number of hydrogen-bond acceptors (Lipinski definition) is 5. The monoisotopic (exact) mass is 353 g/mol. The lowest BCUT2D eigenvalue weighted by Crippen LogP contribution is -2.42. The van der Waals surface area contributed by atoms with E-state index < -0.39 is 23.8 Å². The van der Waals surface area contributed by atoms with Gasteiger partial charge in [0.1, 0.15) is 13.2 Å². The summed E-state index contributed by atoms with van der Waals surface area (Å²) in [6, 6.07) is 6.40. The number of carbonyl (C=O) groups excluding carboxylic acids is 4. The summed E-state index contributed by atoms with van der Waals surface area (Å²) in [6.45, 7) is 0.00941. The Hall–Kier alpha value is -2.61. The molecule has 8 nitrogen and oxygen atoms in total. The van der Waals surface area contributed by atoms with Crippen LogP contribution in [0, 0.1) is 0 Å². The largest absolute Gasteiger partial charge is 0.448 e. The molecule has 0 bridgehead atoms. The van der Waals surface area contributed by atoms with Crippen LogP contribution < -0.4 is 10.6 Å². The van der Waals surface area contributed by atoms with Gasteiger partial charge in [0.25, 0.3) is 11.8 Å². The Labute approximate surface area is 143 Å². The Morgan fingerprint density at radius 3 is 2.21 bits per heavy atom. The predicted molar refractivity (Wildman–Crippen MR) is 84.9 cm³/mol. The number of rotatable bonds is 7. The fourth-order valence-corrected chi connectivity index (χ4v) is 2.21. The maximum absolute atomic E-state index is 12.1. The molecule has 0 fully saturated rings. The lowest BCUT2D eigenvalue weighted by atomic mass is 10.1. The molecule has 0 radical (unpaired) electrons. The Morgan fingerprint density at radius 2 is 1.62 bits per heavy atom. The molecule has 1 aromatic carbocycles. The van der Waals surface area contributed by atoms with E-state index in [4.69, 9.17) is 11.6 Å². The number of halogens is 1. The minimum absolute atomic E-state index is 0.0967. The van der Waals surface area contributed by atoms with Gasteiger partial charge in [-0.25, -0.2) is 4.79 Å². The summed E-state index contributed by atoms with van der Waals surface area (Å²) in [4.78, 5) is 48.1. The van der Waals surface area contributed by atoms with Crippen molar-refractivity contribution in [1.82, 2.24) is 15.5 Å². The van der Waals surface area contributed by atoms with Gasteiger partial charge >= 0.3 is 6.09 Å². The van der Waals surface area contributed by atoms with Gasteiger partial charge < -0.3 is 15.4 Å². The second-order valence-electron chi connectivity index (χ2n) is 4.84. The van der Waals surface area contributed by atoms with Crippen LogP contribution in [0.5, 0.6) is 0 Å². The van der Waals surface area contributed by atoms with Crippen LogP contribution in [0.1, 0.15) is 20.7 Å². The highest BCUT2D eigenvalue weighted by Crippen LogP contribution is 2.21. The zero-order valence-electron chi connectivity index (χ0n) is 12.7. The molecule has 0 unspecified atom stereocenters. The van der Waals surface area contributed by atoms with Gasteiger partial charge in [0.15, 0.2) is 0 Å². The average Bonchev–Trinajstić information content (AvgIpc) is 2.82. The molecule has 0 atom stereocenters. The minimum atomic E-state index is -0.634. The van der Waals surface area contributed by atoms with Gasteiger partial charge in [0, 0.05) is 13.1 Å². The summed E-state index contributed by atoms with van der Waals surface area (Å²) >= 11 is 5.36. The number of alkyl carbamates (subject to hydrolysis) is 1. The summed E-state index contributed by atoms with van der Waals surface area (Å²) in [5, 5.41) is 4.92. The number of ether oxygens (including phenoxy) is 1. The number of amides is 4. The van der Waals surface area contributed by atoms with E-state index in [0.29, 0.717) is 11.1 Å². The van der Waals surface area contributed by atoms with E-state index in [1.807, 2.05) is 0 Å². The summed E-state index contributed by atoms with van der Waals surface area (Å²) < 4.78 is 4.68. The van der Waals surface area contributed by atoms with E-state index in [1.165, 1.54) is 0 Å². The molecule has 2 rings (SSSR count). The van der Waals surface area contributed by atoms with Gasteiger partial charge in [-0.05, 0) is 12.1 Å². The summed E-state index contributed by atoms with van der Waals surface area (Å²) in [6.07, 6.45) is -0.634. The highest BCUT2D eigenvalue weighted by atomic mass is 35.5. The van der Waals surface area contributed by atoms with Crippen LogP contribution in [0.2, 0.25) is 0 Å². The second-order valence-corrected chi connectivity index (χ2v) is 5.22. The van der Waals surface area contributed by atoms with Crippen molar-refractivity contribution in [1.29, 1.82) is 0 Å². The van der Waals surface area contributed by atoms with E-state index in [1.54, 1.807) is 24.3 Å². The summed E-state index contributed by atoms with van der Waals surface area (Å²) in [7, 11) is 0. The van der Waals surface area contributed by atoms with Crippen LogP contribution in [0.4, 0.5) is 4.79 Å². The highest BCUT2D eigenvalue weighted by Gasteiger charge is 2.36. The summed E-state index contributed by atoms with van der Waals surface area (Å²) in [5.74, 6) is -1.28. The standard InChI is InChI=1S/C15H16ClN3O5/c16-5-8-24-15(23)18-7-6-17-12(20)9-19-13(21)10-3-1-2-4-11(10)14(19)22/h1-4H,5-9H2,(H,17,20)(H,18,23). The molecule has 128 valence electrons. The normalized spacial score (nSPS) is 12.8. The molecule has 0 spiro atoms. The van der Waals surface area contributed by atoms with Crippen LogP contribution in [-0.4, -0.2) is 60.8 Å². The third-order valence-electron chi connectivity index (χ3n) is 3.21. The van der Waals surface area contributed by atoms with Crippen molar-refractivity contribution in [3.05, 3.63) is 35.4 Å². The number of nitrogens with one attached hydrogen (secondary N) is 2. The van der Waals surface area contributed by atoms with E-state index in [0.717, 1.165) is 4.90 Å². The Morgan fingerprint density at radius 1 is 1.04 bits per heavy atom. The number of hydrogen-bond donors (Lipinski definition) is 2. The van der Waals surface area contributed by atoms with Crippen LogP contribution in [0.25, 0.3) is 0 Å². The highest BCUT2D eigenvalue weighted by molar-refractivity contribution is 6.22. The molecular formula is C15H16ClN3O5. The number of benzene rings is 1. The first-order valence-electron chi connectivity index (χ1n) is 7.23. The Bertz CT molecular complexity index is 629. The zero-order chi connectivity index (χ0) is 17.5. The maximum Gasteiger partial charge on any atom is 0.407 e. The molecule has 0 saturated carbocycles. The SMILES string of the molecule is O=C(CN1C(=O)c2ccccc2C1=O)NCCNC(=O)OCCCl. The molecule has 4 amide bonds. The summed E-state index contributed by atoms with van der Waals surface area (Å²) in [5.41, 5.74) is 0.581. The van der Waals surface area contributed by atoms with Crippen molar-refractivity contribution >= 4 is 35.4 Å². The minimum Gasteiger partial charge on any atom is -0.448 e. The van der Waals surface area contributed by atoms with Gasteiger partial charge in [0.05, 0.1) is 17.0 Å². The quantitative estimate of drug-likeness (QED) is 0.418. The molecule has 0 saturated heterocycles. The Balaban J connectivity index is 1.75. The van der Waals surface area contributed by atoms with Crippen LogP contribution in [0.15, 0.2) is 24.3 Å². The molecule has 24 heavy (non-hydrogen) atoms. The maximum atomic E-state index is 12.1. The van der Waals surface area contributed by atoms with Gasteiger partial charge in [-0.15, -0.1) is 11.6 Å². The van der Waals surface area contributed by atoms with Crippen molar-refractivity contribution in [2.75, 3.05) is 32.1 Å². The van der Waals surface area contributed by atoms with E-state index in [2.05, 4.69) is 15.4 Å². The van der Waals surface area contributed by atoms with Crippen molar-refractivity contribution in [3.63, 3.8) is 0 Å². The van der Waals surface area contributed by atoms with E-state index >= 15 is 0 Å². The average molecular weight is 354 g/mol. The van der Waals surface area contributed by atoms with Crippen molar-refractivity contribution in [2.24, 2.45) is 0 Å². The fraction of sp³-hybridized carbons (Fsp3) is 0.333. The number of carbonyl (C=O) groups is 4. The number of fused-ring (bicyclic) bond motifs is 1. The van der Waals surface area contributed by atoms with Gasteiger partial charge in [-0.3, -0.25) is 19.3 Å². The van der Waals surface area contributed by atoms with Crippen molar-refractivity contribution in [2.45, 2.75) is 0 Å².